The molecule has 0 bridgehead atoms. The zero-order valence-corrected chi connectivity index (χ0v) is 82.8. The van der Waals surface area contributed by atoms with Crippen molar-refractivity contribution < 1.29 is 86.4 Å². The molecule has 3 aliphatic rings. The summed E-state index contributed by atoms with van der Waals surface area (Å²) in [6.07, 6.45) is -8.88. The Hall–Kier alpha value is -16.7. The van der Waals surface area contributed by atoms with Gasteiger partial charge in [0.2, 0.25) is 5.75 Å². The van der Waals surface area contributed by atoms with E-state index < -0.39 is 48.5 Å². The molecule has 0 saturated heterocycles. The number of benzene rings is 18. The van der Waals surface area contributed by atoms with Gasteiger partial charge in [-0.15, -0.1) is 0 Å². The molecular weight excluding hydrogens is 1920 g/mol. The Morgan fingerprint density at radius 3 is 0.818 bits per heavy atom. The summed E-state index contributed by atoms with van der Waals surface area (Å²) in [6, 6.07) is 141. The van der Waals surface area contributed by atoms with Gasteiger partial charge in [-0.1, -0.05) is 382 Å². The van der Waals surface area contributed by atoms with Gasteiger partial charge >= 0.3 is 0 Å². The van der Waals surface area contributed by atoms with Gasteiger partial charge in [0.25, 0.3) is 0 Å². The molecule has 3 heterocycles. The van der Waals surface area contributed by atoms with Gasteiger partial charge in [0.05, 0.1) is 17.9 Å². The summed E-state index contributed by atoms with van der Waals surface area (Å²) in [4.78, 5) is 0. The molecule has 0 fully saturated rings. The molecule has 3 N–H and O–H groups in total. The summed E-state index contributed by atoms with van der Waals surface area (Å²) < 4.78 is 111. The topological polar surface area (TPSA) is 199 Å². The molecule has 0 spiro atoms. The van der Waals surface area contributed by atoms with E-state index in [-0.39, 0.29) is 160 Å². The summed E-state index contributed by atoms with van der Waals surface area (Å²) >= 11 is 4.19. The Bertz CT molecular complexity index is 7340. The number of rotatable bonds is 41. The summed E-state index contributed by atoms with van der Waals surface area (Å²) in [5, 5.41) is 44.5. The van der Waals surface area contributed by atoms with Crippen LogP contribution < -0.4 is 71.1 Å². The molecule has 18 aromatic carbocycles. The maximum atomic E-state index is 15.7. The number of hydrogen-bond acceptors (Lipinski definition) is 18. The maximum Gasteiger partial charge on any atom is 0.203 e. The van der Waals surface area contributed by atoms with Crippen molar-refractivity contribution in [2.45, 2.75) is 134 Å². The maximum absolute atomic E-state index is 15.7. The van der Waals surface area contributed by atoms with Crippen molar-refractivity contribution in [3.63, 3.8) is 0 Å². The van der Waals surface area contributed by atoms with Crippen molar-refractivity contribution in [2.75, 3.05) is 0 Å². The zero-order chi connectivity index (χ0) is 100. The molecule has 0 aliphatic carbocycles. The number of ether oxygens (including phenoxy) is 15. The highest BCUT2D eigenvalue weighted by Gasteiger charge is 2.53. The third kappa shape index (κ3) is 23.3. The first-order valence-electron chi connectivity index (χ1n) is 49.8. The van der Waals surface area contributed by atoms with Gasteiger partial charge in [-0.25, -0.2) is 0 Å². The lowest BCUT2D eigenvalue weighted by Crippen LogP contribution is -2.39. The predicted molar refractivity (Wildman–Crippen MR) is 571 cm³/mol. The Kier molecular flexibility index (Phi) is 30.9. The highest BCUT2D eigenvalue weighted by Crippen LogP contribution is 2.65. The molecule has 148 heavy (non-hydrogen) atoms. The average molecular weight is 2030 g/mol. The first-order valence-corrected chi connectivity index (χ1v) is 50.6. The molecule has 3 aliphatic heterocycles. The van der Waals surface area contributed by atoms with Gasteiger partial charge in [0.15, 0.2) is 35.2 Å². The van der Waals surface area contributed by atoms with Gasteiger partial charge in [-0.05, 0) is 130 Å². The van der Waals surface area contributed by atoms with Crippen LogP contribution in [-0.2, 0) is 85.7 Å². The Morgan fingerprint density at radius 2 is 0.459 bits per heavy atom. The van der Waals surface area contributed by atoms with E-state index in [0.29, 0.717) is 61.0 Å². The summed E-state index contributed by atoms with van der Waals surface area (Å²) in [5.74, 6) is 1.31. The number of halogens is 1. The first-order chi connectivity index (χ1) is 73.0. The van der Waals surface area contributed by atoms with E-state index in [0.717, 1.165) is 66.8 Å². The normalized spacial score (nSPS) is 16.3. The number of fused-ring (bicyclic) bond motifs is 3. The second-order valence-electron chi connectivity index (χ2n) is 36.8. The zero-order valence-electron chi connectivity index (χ0n) is 81.2. The summed E-state index contributed by atoms with van der Waals surface area (Å²) in [6.45, 7) is 0.949. The monoisotopic (exact) mass is 2020 g/mol. The van der Waals surface area contributed by atoms with E-state index in [1.807, 2.05) is 437 Å². The van der Waals surface area contributed by atoms with E-state index in [2.05, 4.69) is 15.9 Å². The Labute approximate surface area is 869 Å². The number of aliphatic hydroxyl groups is 3. The summed E-state index contributed by atoms with van der Waals surface area (Å²) in [5.41, 5.74) is 13.3. The molecule has 0 unspecified atom stereocenters. The minimum atomic E-state index is -1.80. The third-order valence-corrected chi connectivity index (χ3v) is 27.3. The second-order valence-corrected chi connectivity index (χ2v) is 37.6. The largest absolute Gasteiger partial charge is 0.489 e. The van der Waals surface area contributed by atoms with Crippen LogP contribution in [0.3, 0.4) is 0 Å². The average Bonchev–Trinajstić information content (AvgIpc) is 0.700. The number of aliphatic hydroxyl groups excluding tert-OH is 3. The van der Waals surface area contributed by atoms with Crippen LogP contribution in [0.15, 0.2) is 441 Å². The Balaban J connectivity index is 0.861. The van der Waals surface area contributed by atoms with Crippen LogP contribution in [0.25, 0.3) is 0 Å². The van der Waals surface area contributed by atoms with Crippen molar-refractivity contribution in [1.82, 2.24) is 0 Å². The number of hydrogen-bond donors (Lipinski definition) is 3. The van der Waals surface area contributed by atoms with Crippen LogP contribution in [0.2, 0.25) is 0 Å². The van der Waals surface area contributed by atoms with Gasteiger partial charge in [0.1, 0.15) is 160 Å². The van der Waals surface area contributed by atoms with Crippen molar-refractivity contribution in [2.24, 2.45) is 0 Å². The molecule has 0 amide bonds. The van der Waals surface area contributed by atoms with Crippen LogP contribution in [0.4, 0.5) is 0 Å². The minimum Gasteiger partial charge on any atom is -0.489 e. The molecule has 0 radical (unpaired) electrons. The van der Waals surface area contributed by atoms with Crippen LogP contribution in [0.5, 0.6) is 86.2 Å². The molecular formula is C129H109BrO18. The molecule has 18 aromatic rings. The van der Waals surface area contributed by atoms with Gasteiger partial charge in [0, 0.05) is 58.0 Å². The lowest BCUT2D eigenvalue weighted by molar-refractivity contribution is -0.00653. The van der Waals surface area contributed by atoms with Gasteiger partial charge in [-0.2, -0.15) is 0 Å². The fourth-order valence-corrected chi connectivity index (χ4v) is 19.6. The van der Waals surface area contributed by atoms with E-state index in [1.54, 1.807) is 0 Å². The smallest absolute Gasteiger partial charge is 0.203 e. The van der Waals surface area contributed by atoms with Crippen molar-refractivity contribution in [1.29, 1.82) is 0 Å². The van der Waals surface area contributed by atoms with E-state index in [1.165, 1.54) is 0 Å². The highest BCUT2D eigenvalue weighted by molar-refractivity contribution is 9.10. The van der Waals surface area contributed by atoms with Crippen molar-refractivity contribution in [3.05, 3.63) is 553 Å². The lowest BCUT2D eigenvalue weighted by Gasteiger charge is -2.44. The quantitative estimate of drug-likeness (QED) is 0.0326. The molecule has 18 nitrogen and oxygen atoms in total. The minimum absolute atomic E-state index is 0.0263. The third-order valence-electron chi connectivity index (χ3n) is 26.6. The first kappa shape index (κ1) is 97.4. The molecule has 740 valence electrons. The molecule has 19 heteroatoms. The lowest BCUT2D eigenvalue weighted by atomic mass is 9.73. The second kappa shape index (κ2) is 47.0. The van der Waals surface area contributed by atoms with E-state index >= 15 is 10.2 Å². The fraction of sp³-hybridized carbons (Fsp3) is 0.163. The highest BCUT2D eigenvalue weighted by atomic mass is 79.9. The van der Waals surface area contributed by atoms with Gasteiger partial charge < -0.3 is 86.4 Å². The van der Waals surface area contributed by atoms with Crippen LogP contribution in [0.1, 0.15) is 141 Å². The van der Waals surface area contributed by atoms with Crippen LogP contribution >= 0.6 is 15.9 Å². The fourth-order valence-electron chi connectivity index (χ4n) is 19.1. The van der Waals surface area contributed by atoms with Gasteiger partial charge in [-0.3, -0.25) is 0 Å². The predicted octanol–water partition coefficient (Wildman–Crippen LogP) is 27.7. The van der Waals surface area contributed by atoms with E-state index in [9.17, 15) is 5.11 Å². The van der Waals surface area contributed by atoms with Crippen LogP contribution in [0, 0.1) is 0 Å². The van der Waals surface area contributed by atoms with Crippen molar-refractivity contribution in [3.8, 4) is 86.2 Å². The SMILES string of the molecule is O[C@@H]1[C@@H](c2c(OCc3ccccc3)cc(OCc3ccccc3)c3c2O[C@H](c2cc(OCc4ccccc4)c(OCc4ccccc4)c(OCc4ccccc4)c2)[C@H](O)[C@H]3c2c(OCc3ccccc3)cc(OCc3ccccc3)c3c2O[C@H](c2ccc(OCc4ccccc4)c(OCc4ccccc4)c2)[C@@H](O)C3)c2c(OCc3ccccc3)cc(OCc3ccccc3)c(Br)c2O[C@@H]1c1ccc(OCc2ccccc2)cc1. The molecule has 0 aromatic heterocycles. The summed E-state index contributed by atoms with van der Waals surface area (Å²) in [7, 11) is 0. The molecule has 0 saturated carbocycles. The Morgan fingerprint density at radius 1 is 0.209 bits per heavy atom. The standard InChI is InChI=1S/C129H109BrO18/c130-120-111(142-82-94-53-29-9-30-54-94)73-110(141-81-93-51-27-8-28-52-93)117-119(121(132)124(148-129(117)120)98-61-64-101(65-62-98)134-74-86-37-13-1-14-38-86)116-109(140-80-92-49-25-7-26-50-92)72-108(139-79-91-47-23-6-24-48-91)115-118(122(133)125(147-128(115)116)100-68-112(143-83-95-55-31-10-32-56-95)127(145-85-97-59-35-12-36-60-97)113(69-100)144-84-96-57-33-11-34-58-96)114-107(138-78-90-45-21-5-22-46-90)71-105(136-76-88-41-17-3-18-42-88)102-70-103(131)123(146-126(102)114)99-63-66-104(135-75-87-39-15-2-16-40-87)106(67-99)137-77-89-43-19-4-20-44-89/h1-69,71-73,103,118-119,121-125,131-133H,70,74-85H2/t103-,118-,119-,121+,122+,123+,124+,125+/m0/s1. The molecule has 21 rings (SSSR count). The van der Waals surface area contributed by atoms with E-state index in [4.69, 9.17) is 71.1 Å². The van der Waals surface area contributed by atoms with Crippen molar-refractivity contribution >= 4 is 15.9 Å². The molecule has 8 atom stereocenters. The van der Waals surface area contributed by atoms with Crippen LogP contribution in [-0.4, -0.2) is 33.6 Å².